The molecule has 6 nitrogen and oxygen atoms in total. The van der Waals surface area contributed by atoms with Crippen LogP contribution in [-0.4, -0.2) is 22.6 Å². The van der Waals surface area contributed by atoms with Gasteiger partial charge in [-0.2, -0.15) is 0 Å². The molecule has 116 valence electrons. The lowest BCUT2D eigenvalue weighted by molar-refractivity contribution is -0.385. The Hall–Kier alpha value is -2.11. The summed E-state index contributed by atoms with van der Waals surface area (Å²) in [5.41, 5.74) is -0.424. The summed E-state index contributed by atoms with van der Waals surface area (Å²) in [5.74, 6) is -0.720. The minimum atomic E-state index is -1.20. The summed E-state index contributed by atoms with van der Waals surface area (Å²) < 4.78 is 5.55. The van der Waals surface area contributed by atoms with Gasteiger partial charge in [-0.25, -0.2) is 4.79 Å². The van der Waals surface area contributed by atoms with Gasteiger partial charge in [-0.05, 0) is 24.5 Å². The molecular formula is C15H21NO5. The number of hydrogen-bond donors (Lipinski definition) is 1. The Balaban J connectivity index is 2.82. The van der Waals surface area contributed by atoms with E-state index in [9.17, 15) is 14.9 Å². The highest BCUT2D eigenvalue weighted by Gasteiger charge is 2.19. The van der Waals surface area contributed by atoms with Gasteiger partial charge in [-0.1, -0.05) is 33.1 Å². The quantitative estimate of drug-likeness (QED) is 0.551. The molecule has 0 saturated heterocycles. The standard InChI is InChI=1S/C15H21NO5/c1-3-5-6-11(4-2)10-21-14-8-7-12(15(17)18)9-13(14)16(19)20/h7-9,11H,3-6,10H2,1-2H3,(H,17,18). The van der Waals surface area contributed by atoms with Crippen LogP contribution in [0.4, 0.5) is 5.69 Å². The van der Waals surface area contributed by atoms with Crippen molar-refractivity contribution in [1.82, 2.24) is 0 Å². The summed E-state index contributed by atoms with van der Waals surface area (Å²) in [6.45, 7) is 4.58. The van der Waals surface area contributed by atoms with E-state index in [1.165, 1.54) is 12.1 Å². The number of nitro groups is 1. The number of carboxylic acids is 1. The largest absolute Gasteiger partial charge is 0.487 e. The first-order chi connectivity index (χ1) is 9.99. The molecule has 0 aliphatic heterocycles. The molecule has 0 spiro atoms. The van der Waals surface area contributed by atoms with Gasteiger partial charge in [-0.3, -0.25) is 10.1 Å². The first-order valence-electron chi connectivity index (χ1n) is 7.14. The molecule has 6 heteroatoms. The highest BCUT2D eigenvalue weighted by Crippen LogP contribution is 2.29. The van der Waals surface area contributed by atoms with Crippen molar-refractivity contribution in [1.29, 1.82) is 0 Å². The maximum Gasteiger partial charge on any atom is 0.335 e. The maximum atomic E-state index is 11.0. The third-order valence-corrected chi connectivity index (χ3v) is 3.42. The number of rotatable bonds is 9. The van der Waals surface area contributed by atoms with Gasteiger partial charge in [-0.15, -0.1) is 0 Å². The minimum Gasteiger partial charge on any atom is -0.487 e. The average Bonchev–Trinajstić information content (AvgIpc) is 2.47. The van der Waals surface area contributed by atoms with Crippen LogP contribution >= 0.6 is 0 Å². The van der Waals surface area contributed by atoms with Crippen molar-refractivity contribution in [3.8, 4) is 5.75 Å². The van der Waals surface area contributed by atoms with Crippen LogP contribution in [0.1, 0.15) is 49.9 Å². The van der Waals surface area contributed by atoms with Crippen LogP contribution < -0.4 is 4.74 Å². The molecule has 1 aromatic carbocycles. The van der Waals surface area contributed by atoms with Crippen LogP contribution in [0.2, 0.25) is 0 Å². The number of aromatic carboxylic acids is 1. The Labute approximate surface area is 123 Å². The molecular weight excluding hydrogens is 274 g/mol. The first kappa shape index (κ1) is 16.9. The van der Waals surface area contributed by atoms with Gasteiger partial charge in [0, 0.05) is 6.07 Å². The van der Waals surface area contributed by atoms with Crippen molar-refractivity contribution >= 4 is 11.7 Å². The molecule has 0 heterocycles. The Morgan fingerprint density at radius 1 is 1.43 bits per heavy atom. The average molecular weight is 295 g/mol. The summed E-state index contributed by atoms with van der Waals surface area (Å²) in [7, 11) is 0. The zero-order chi connectivity index (χ0) is 15.8. The smallest absolute Gasteiger partial charge is 0.335 e. The van der Waals surface area contributed by atoms with E-state index < -0.39 is 10.9 Å². The van der Waals surface area contributed by atoms with Gasteiger partial charge in [0.25, 0.3) is 0 Å². The van der Waals surface area contributed by atoms with E-state index in [1.807, 2.05) is 0 Å². The molecule has 1 unspecified atom stereocenters. The van der Waals surface area contributed by atoms with Crippen LogP contribution in [0.25, 0.3) is 0 Å². The number of carbonyl (C=O) groups is 1. The molecule has 21 heavy (non-hydrogen) atoms. The van der Waals surface area contributed by atoms with Gasteiger partial charge in [0.1, 0.15) is 0 Å². The van der Waals surface area contributed by atoms with Gasteiger partial charge in [0.15, 0.2) is 5.75 Å². The second-order valence-electron chi connectivity index (χ2n) is 4.97. The molecule has 1 atom stereocenters. The van der Waals surface area contributed by atoms with Crippen molar-refractivity contribution in [2.24, 2.45) is 5.92 Å². The van der Waals surface area contributed by atoms with Gasteiger partial charge < -0.3 is 9.84 Å². The second kappa shape index (κ2) is 8.24. The molecule has 0 aromatic heterocycles. The van der Waals surface area contributed by atoms with Gasteiger partial charge in [0.05, 0.1) is 17.1 Å². The zero-order valence-electron chi connectivity index (χ0n) is 12.4. The van der Waals surface area contributed by atoms with Crippen molar-refractivity contribution in [2.45, 2.75) is 39.5 Å². The van der Waals surface area contributed by atoms with Crippen LogP contribution in [-0.2, 0) is 0 Å². The predicted octanol–water partition coefficient (Wildman–Crippen LogP) is 3.89. The summed E-state index contributed by atoms with van der Waals surface area (Å²) in [5, 5.41) is 19.9. The lowest BCUT2D eigenvalue weighted by Crippen LogP contribution is -2.12. The molecule has 0 aliphatic rings. The van der Waals surface area contributed by atoms with Crippen LogP contribution in [0.3, 0.4) is 0 Å². The lowest BCUT2D eigenvalue weighted by atomic mass is 10.0. The summed E-state index contributed by atoms with van der Waals surface area (Å²) in [6.07, 6.45) is 4.17. The molecule has 1 aromatic rings. The third kappa shape index (κ3) is 5.06. The van der Waals surface area contributed by atoms with E-state index in [0.717, 1.165) is 31.7 Å². The van der Waals surface area contributed by atoms with E-state index >= 15 is 0 Å². The lowest BCUT2D eigenvalue weighted by Gasteiger charge is -2.15. The van der Waals surface area contributed by atoms with E-state index in [0.29, 0.717) is 12.5 Å². The molecule has 0 aliphatic carbocycles. The highest BCUT2D eigenvalue weighted by atomic mass is 16.6. The van der Waals surface area contributed by atoms with E-state index in [4.69, 9.17) is 9.84 Å². The molecule has 0 fully saturated rings. The summed E-state index contributed by atoms with van der Waals surface area (Å²) in [6, 6.07) is 3.70. The SMILES string of the molecule is CCCCC(CC)COc1ccc(C(=O)O)cc1[N+](=O)[O-]. The fraction of sp³-hybridized carbons (Fsp3) is 0.533. The highest BCUT2D eigenvalue weighted by molar-refractivity contribution is 5.88. The Morgan fingerprint density at radius 3 is 2.67 bits per heavy atom. The first-order valence-corrected chi connectivity index (χ1v) is 7.14. The minimum absolute atomic E-state index is 0.118. The topological polar surface area (TPSA) is 89.7 Å². The Kier molecular flexibility index (Phi) is 6.65. The third-order valence-electron chi connectivity index (χ3n) is 3.42. The predicted molar refractivity (Wildman–Crippen MR) is 78.9 cm³/mol. The number of carboxylic acid groups (broad SMARTS) is 1. The number of hydrogen-bond acceptors (Lipinski definition) is 4. The monoisotopic (exact) mass is 295 g/mol. The van der Waals surface area contributed by atoms with Gasteiger partial charge >= 0.3 is 11.7 Å². The molecule has 0 amide bonds. The number of unbranched alkanes of at least 4 members (excludes halogenated alkanes) is 1. The molecule has 0 bridgehead atoms. The zero-order valence-corrected chi connectivity index (χ0v) is 12.4. The molecule has 0 radical (unpaired) electrons. The molecule has 1 rings (SSSR count). The normalized spacial score (nSPS) is 11.9. The van der Waals surface area contributed by atoms with Crippen molar-refractivity contribution in [3.05, 3.63) is 33.9 Å². The Morgan fingerprint density at radius 2 is 2.14 bits per heavy atom. The number of nitro benzene ring substituents is 1. The maximum absolute atomic E-state index is 11.0. The van der Waals surface area contributed by atoms with E-state index in [-0.39, 0.29) is 17.0 Å². The van der Waals surface area contributed by atoms with Crippen molar-refractivity contribution in [3.63, 3.8) is 0 Å². The number of nitrogens with zero attached hydrogens (tertiary/aromatic N) is 1. The number of benzene rings is 1. The summed E-state index contributed by atoms with van der Waals surface area (Å²) in [4.78, 5) is 21.3. The van der Waals surface area contributed by atoms with E-state index in [2.05, 4.69) is 13.8 Å². The van der Waals surface area contributed by atoms with E-state index in [1.54, 1.807) is 0 Å². The summed E-state index contributed by atoms with van der Waals surface area (Å²) >= 11 is 0. The van der Waals surface area contributed by atoms with Crippen molar-refractivity contribution < 1.29 is 19.6 Å². The van der Waals surface area contributed by atoms with Crippen LogP contribution in [0.15, 0.2) is 18.2 Å². The van der Waals surface area contributed by atoms with Crippen LogP contribution in [0.5, 0.6) is 5.75 Å². The molecule has 0 saturated carbocycles. The number of ether oxygens (including phenoxy) is 1. The van der Waals surface area contributed by atoms with Crippen molar-refractivity contribution in [2.75, 3.05) is 6.61 Å². The molecule has 1 N–H and O–H groups in total. The second-order valence-corrected chi connectivity index (χ2v) is 4.97. The Bertz CT molecular complexity index is 501. The van der Waals surface area contributed by atoms with Gasteiger partial charge in [0.2, 0.25) is 0 Å². The fourth-order valence-electron chi connectivity index (χ4n) is 2.02. The van der Waals surface area contributed by atoms with Crippen LogP contribution in [0, 0.1) is 16.0 Å². The fourth-order valence-corrected chi connectivity index (χ4v) is 2.02.